The van der Waals surface area contributed by atoms with Crippen LogP contribution in [0.2, 0.25) is 0 Å². The van der Waals surface area contributed by atoms with Gasteiger partial charge in [-0.1, -0.05) is 27.2 Å². The lowest BCUT2D eigenvalue weighted by molar-refractivity contribution is -0.187. The molecule has 0 bridgehead atoms. The minimum absolute atomic E-state index is 0.0196. The largest absolute Gasteiger partial charge is 0.353 e. The zero-order chi connectivity index (χ0) is 12.8. The first-order valence-corrected chi connectivity index (χ1v) is 6.86. The fourth-order valence-corrected chi connectivity index (χ4v) is 2.16. The van der Waals surface area contributed by atoms with Crippen molar-refractivity contribution >= 4 is 0 Å². The summed E-state index contributed by atoms with van der Waals surface area (Å²) in [6.45, 7) is 9.88. The molecule has 2 fully saturated rings. The molecule has 1 heterocycles. The van der Waals surface area contributed by atoms with Gasteiger partial charge in [0.25, 0.3) is 0 Å². The highest BCUT2D eigenvalue weighted by Crippen LogP contribution is 2.30. The molecule has 3 atom stereocenters. The van der Waals surface area contributed by atoms with Crippen molar-refractivity contribution in [2.75, 3.05) is 13.2 Å². The second kappa shape index (κ2) is 7.32. The van der Waals surface area contributed by atoms with Gasteiger partial charge >= 0.3 is 0 Å². The summed E-state index contributed by atoms with van der Waals surface area (Å²) in [7, 11) is 0. The summed E-state index contributed by atoms with van der Waals surface area (Å²) in [6, 6.07) is 0. The monoisotopic (exact) mass is 246 g/mol. The second-order valence-electron chi connectivity index (χ2n) is 5.75. The molecule has 1 saturated heterocycles. The zero-order valence-electron chi connectivity index (χ0n) is 11.6. The molecule has 1 aliphatic carbocycles. The molecular weight excluding hydrogens is 219 g/mol. The number of hydrogen-bond acceptors (Lipinski definition) is 2. The van der Waals surface area contributed by atoms with Gasteiger partial charge in [0.2, 0.25) is 0 Å². The minimum Gasteiger partial charge on any atom is -0.353 e. The molecule has 0 aromatic heterocycles. The average Bonchev–Trinajstić information content (AvgIpc) is 2.29. The van der Waals surface area contributed by atoms with E-state index in [9.17, 15) is 4.39 Å². The molecule has 2 nitrogen and oxygen atoms in total. The summed E-state index contributed by atoms with van der Waals surface area (Å²) >= 11 is 0. The van der Waals surface area contributed by atoms with Crippen LogP contribution in [0.5, 0.6) is 0 Å². The molecule has 0 spiro atoms. The highest BCUT2D eigenvalue weighted by atomic mass is 19.1. The van der Waals surface area contributed by atoms with Crippen molar-refractivity contribution in [3.05, 3.63) is 0 Å². The van der Waals surface area contributed by atoms with Gasteiger partial charge in [-0.2, -0.15) is 0 Å². The van der Waals surface area contributed by atoms with E-state index in [4.69, 9.17) is 9.47 Å². The normalized spacial score (nSPS) is 42.5. The van der Waals surface area contributed by atoms with Crippen molar-refractivity contribution in [1.82, 2.24) is 0 Å². The van der Waals surface area contributed by atoms with Gasteiger partial charge in [0.1, 0.15) is 6.17 Å². The molecule has 0 aromatic carbocycles. The topological polar surface area (TPSA) is 18.5 Å². The Morgan fingerprint density at radius 3 is 1.88 bits per heavy atom. The van der Waals surface area contributed by atoms with Gasteiger partial charge in [-0.3, -0.25) is 0 Å². The highest BCUT2D eigenvalue weighted by molar-refractivity contribution is 4.74. The Morgan fingerprint density at radius 2 is 1.47 bits per heavy atom. The van der Waals surface area contributed by atoms with E-state index in [1.165, 1.54) is 6.42 Å². The van der Waals surface area contributed by atoms with E-state index in [0.29, 0.717) is 17.8 Å². The third-order valence-corrected chi connectivity index (χ3v) is 3.59. The Labute approximate surface area is 105 Å². The first kappa shape index (κ1) is 14.9. The van der Waals surface area contributed by atoms with E-state index in [2.05, 4.69) is 13.8 Å². The van der Waals surface area contributed by atoms with Gasteiger partial charge in [0.05, 0.1) is 13.2 Å². The number of hydrogen-bond donors (Lipinski definition) is 0. The summed E-state index contributed by atoms with van der Waals surface area (Å²) in [5.41, 5.74) is 0. The summed E-state index contributed by atoms with van der Waals surface area (Å²) < 4.78 is 23.2. The van der Waals surface area contributed by atoms with Gasteiger partial charge in [-0.25, -0.2) is 4.39 Å². The van der Waals surface area contributed by atoms with E-state index in [1.54, 1.807) is 0 Å². The second-order valence-corrected chi connectivity index (χ2v) is 5.75. The maximum absolute atomic E-state index is 12.8. The van der Waals surface area contributed by atoms with Crippen molar-refractivity contribution in [2.24, 2.45) is 17.8 Å². The predicted molar refractivity (Wildman–Crippen MR) is 67.6 cm³/mol. The average molecular weight is 246 g/mol. The summed E-state index contributed by atoms with van der Waals surface area (Å²) in [5.74, 6) is 1.52. The fraction of sp³-hybridized carbons (Fsp3) is 1.00. The first-order chi connectivity index (χ1) is 7.99. The molecule has 102 valence electrons. The van der Waals surface area contributed by atoms with Crippen molar-refractivity contribution in [3.63, 3.8) is 0 Å². The van der Waals surface area contributed by atoms with Gasteiger partial charge in [-0.05, 0) is 31.6 Å². The Bertz CT molecular complexity index is 192. The third kappa shape index (κ3) is 5.82. The predicted octanol–water partition coefficient (Wildman–Crippen LogP) is 3.80. The van der Waals surface area contributed by atoms with E-state index < -0.39 is 6.17 Å². The van der Waals surface area contributed by atoms with Crippen LogP contribution in [0.1, 0.15) is 47.0 Å². The lowest BCUT2D eigenvalue weighted by Crippen LogP contribution is -2.27. The van der Waals surface area contributed by atoms with Crippen LogP contribution in [0.3, 0.4) is 0 Å². The fourth-order valence-electron chi connectivity index (χ4n) is 2.16. The van der Waals surface area contributed by atoms with Crippen LogP contribution in [-0.2, 0) is 9.47 Å². The lowest BCUT2D eigenvalue weighted by atomic mass is 9.83. The maximum Gasteiger partial charge on any atom is 0.154 e. The first-order valence-electron chi connectivity index (χ1n) is 6.86. The molecule has 2 aliphatic rings. The van der Waals surface area contributed by atoms with Crippen molar-refractivity contribution in [2.45, 2.75) is 59.4 Å². The Kier molecular flexibility index (Phi) is 6.42. The maximum atomic E-state index is 12.8. The van der Waals surface area contributed by atoms with Crippen molar-refractivity contribution in [3.8, 4) is 0 Å². The van der Waals surface area contributed by atoms with E-state index in [0.717, 1.165) is 26.1 Å². The molecule has 0 amide bonds. The van der Waals surface area contributed by atoms with Crippen molar-refractivity contribution < 1.29 is 13.9 Å². The quantitative estimate of drug-likeness (QED) is 0.647. The summed E-state index contributed by atoms with van der Waals surface area (Å²) in [4.78, 5) is 0. The number of ether oxygens (including phenoxy) is 2. The molecule has 3 heteroatoms. The Morgan fingerprint density at radius 1 is 0.882 bits per heavy atom. The Hall–Kier alpha value is -0.150. The van der Waals surface area contributed by atoms with Crippen LogP contribution in [0.25, 0.3) is 0 Å². The van der Waals surface area contributed by atoms with Crippen LogP contribution in [0, 0.1) is 17.8 Å². The summed E-state index contributed by atoms with van der Waals surface area (Å²) in [6.07, 6.45) is 2.60. The van der Waals surface area contributed by atoms with Crippen LogP contribution < -0.4 is 0 Å². The number of alkyl halides is 1. The lowest BCUT2D eigenvalue weighted by Gasteiger charge is -2.26. The third-order valence-electron chi connectivity index (χ3n) is 3.59. The zero-order valence-corrected chi connectivity index (χ0v) is 11.6. The van der Waals surface area contributed by atoms with Gasteiger partial charge in [0.15, 0.2) is 6.29 Å². The van der Waals surface area contributed by atoms with Crippen LogP contribution in [0.4, 0.5) is 4.39 Å². The molecule has 3 unspecified atom stereocenters. The van der Waals surface area contributed by atoms with E-state index in [1.807, 2.05) is 13.8 Å². The van der Waals surface area contributed by atoms with Crippen LogP contribution in [0.15, 0.2) is 0 Å². The van der Waals surface area contributed by atoms with Gasteiger partial charge < -0.3 is 9.47 Å². The van der Waals surface area contributed by atoms with Crippen molar-refractivity contribution in [1.29, 1.82) is 0 Å². The Balaban J connectivity index is 0.000000171. The standard InChI is InChI=1S/C8H15F.C6H12O2/c1-6-3-4-7(2)8(9)5-6;1-5-3-7-6(2)8-4-5/h6-8H,3-5H2,1-2H3;5-6H,3-4H2,1-2H3. The molecule has 0 aromatic rings. The number of halogens is 1. The number of rotatable bonds is 0. The molecule has 0 N–H and O–H groups in total. The molecule has 0 radical (unpaired) electrons. The van der Waals surface area contributed by atoms with E-state index >= 15 is 0 Å². The SMILES string of the molecule is CC1CCC(C)C(F)C1.CC1COC(C)OC1. The highest BCUT2D eigenvalue weighted by Gasteiger charge is 2.24. The minimum atomic E-state index is -0.520. The van der Waals surface area contributed by atoms with Crippen LogP contribution >= 0.6 is 0 Å². The van der Waals surface area contributed by atoms with E-state index in [-0.39, 0.29) is 6.29 Å². The molecule has 1 aliphatic heterocycles. The molecule has 17 heavy (non-hydrogen) atoms. The van der Waals surface area contributed by atoms with Crippen LogP contribution in [-0.4, -0.2) is 25.7 Å². The molecule has 1 saturated carbocycles. The van der Waals surface area contributed by atoms with Gasteiger partial charge in [0, 0.05) is 5.92 Å². The van der Waals surface area contributed by atoms with Gasteiger partial charge in [-0.15, -0.1) is 0 Å². The molecular formula is C14H27FO2. The smallest absolute Gasteiger partial charge is 0.154 e. The molecule has 2 rings (SSSR count). The summed E-state index contributed by atoms with van der Waals surface area (Å²) in [5, 5.41) is 0.